The van der Waals surface area contributed by atoms with Crippen molar-refractivity contribution >= 4 is 17.4 Å². The molecule has 0 aromatic carbocycles. The largest absolute Gasteiger partial charge is 0.218 e. The van der Waals surface area contributed by atoms with E-state index in [9.17, 15) is 0 Å². The molecule has 0 radical (unpaired) electrons. The Morgan fingerprint density at radius 3 is 2.94 bits per heavy atom. The summed E-state index contributed by atoms with van der Waals surface area (Å²) < 4.78 is 1.95. The van der Waals surface area contributed by atoms with Gasteiger partial charge < -0.3 is 0 Å². The van der Waals surface area contributed by atoms with Gasteiger partial charge in [0.1, 0.15) is 0 Å². The quantitative estimate of drug-likeness (QED) is 0.817. The maximum Gasteiger partial charge on any atom is 0.155 e. The van der Waals surface area contributed by atoms with Crippen molar-refractivity contribution in [3.63, 3.8) is 0 Å². The lowest BCUT2D eigenvalue weighted by Crippen LogP contribution is -2.13. The van der Waals surface area contributed by atoms with Gasteiger partial charge in [-0.3, -0.25) is 0 Å². The van der Waals surface area contributed by atoms with Gasteiger partial charge in [0, 0.05) is 12.1 Å². The molecule has 0 atom stereocenters. The first-order chi connectivity index (χ1) is 8.33. The molecule has 1 saturated heterocycles. The number of hydrogen-bond donors (Lipinski definition) is 0. The van der Waals surface area contributed by atoms with Crippen molar-refractivity contribution in [1.82, 2.24) is 14.6 Å². The summed E-state index contributed by atoms with van der Waals surface area (Å²) in [5.74, 6) is 4.40. The van der Waals surface area contributed by atoms with Crippen molar-refractivity contribution in [2.24, 2.45) is 5.92 Å². The van der Waals surface area contributed by atoms with Gasteiger partial charge in [-0.15, -0.1) is 0 Å². The lowest BCUT2D eigenvalue weighted by atomic mass is 9.99. The summed E-state index contributed by atoms with van der Waals surface area (Å²) in [5, 5.41) is 4.61. The highest BCUT2D eigenvalue weighted by molar-refractivity contribution is 7.99. The Labute approximate surface area is 106 Å². The van der Waals surface area contributed by atoms with Crippen molar-refractivity contribution in [2.45, 2.75) is 26.2 Å². The minimum Gasteiger partial charge on any atom is -0.218 e. The fourth-order valence-electron chi connectivity index (χ4n) is 2.38. The van der Waals surface area contributed by atoms with E-state index < -0.39 is 0 Å². The highest BCUT2D eigenvalue weighted by Crippen LogP contribution is 2.25. The molecule has 2 aromatic heterocycles. The van der Waals surface area contributed by atoms with Crippen LogP contribution in [-0.4, -0.2) is 26.1 Å². The van der Waals surface area contributed by atoms with Crippen LogP contribution in [0.2, 0.25) is 0 Å². The van der Waals surface area contributed by atoms with Crippen LogP contribution >= 0.6 is 11.8 Å². The van der Waals surface area contributed by atoms with Gasteiger partial charge in [-0.25, -0.2) is 9.50 Å². The molecule has 0 unspecified atom stereocenters. The summed E-state index contributed by atoms with van der Waals surface area (Å²) in [4.78, 5) is 4.61. The molecule has 1 aliphatic rings. The zero-order valence-corrected chi connectivity index (χ0v) is 10.9. The Kier molecular flexibility index (Phi) is 3.05. The summed E-state index contributed by atoms with van der Waals surface area (Å²) in [7, 11) is 0. The number of hydrogen-bond acceptors (Lipinski definition) is 3. The van der Waals surface area contributed by atoms with E-state index in [1.807, 2.05) is 16.6 Å². The van der Waals surface area contributed by atoms with Crippen LogP contribution in [0.5, 0.6) is 0 Å². The molecule has 1 fully saturated rings. The van der Waals surface area contributed by atoms with Gasteiger partial charge >= 0.3 is 0 Å². The van der Waals surface area contributed by atoms with Crippen molar-refractivity contribution in [1.29, 1.82) is 0 Å². The van der Waals surface area contributed by atoms with Crippen molar-refractivity contribution < 1.29 is 0 Å². The predicted octanol–water partition coefficient (Wildman–Crippen LogP) is 2.72. The SMILES string of the molecule is Cc1cccc2nc(CC3CCSCC3)nn12. The summed E-state index contributed by atoms with van der Waals surface area (Å²) in [6, 6.07) is 6.14. The van der Waals surface area contributed by atoms with Crippen molar-refractivity contribution in [2.75, 3.05) is 11.5 Å². The van der Waals surface area contributed by atoms with Gasteiger partial charge in [-0.1, -0.05) is 6.07 Å². The Morgan fingerprint density at radius 2 is 2.18 bits per heavy atom. The molecule has 3 rings (SSSR count). The third-order valence-corrected chi connectivity index (χ3v) is 4.45. The average Bonchev–Trinajstić information content (AvgIpc) is 2.74. The molecule has 90 valence electrons. The number of aryl methyl sites for hydroxylation is 1. The Bertz CT molecular complexity index is 514. The highest BCUT2D eigenvalue weighted by Gasteiger charge is 2.16. The van der Waals surface area contributed by atoms with Gasteiger partial charge in [0.15, 0.2) is 11.5 Å². The van der Waals surface area contributed by atoms with Gasteiger partial charge in [0.2, 0.25) is 0 Å². The van der Waals surface area contributed by atoms with E-state index in [1.54, 1.807) is 0 Å². The van der Waals surface area contributed by atoms with Crippen LogP contribution in [0.25, 0.3) is 5.65 Å². The zero-order chi connectivity index (χ0) is 11.7. The maximum absolute atomic E-state index is 4.61. The molecule has 0 N–H and O–H groups in total. The number of nitrogens with zero attached hydrogens (tertiary/aromatic N) is 3. The summed E-state index contributed by atoms with van der Waals surface area (Å²) in [6.45, 7) is 2.07. The molecule has 1 aliphatic heterocycles. The average molecular weight is 247 g/mol. The number of pyridine rings is 1. The number of rotatable bonds is 2. The monoisotopic (exact) mass is 247 g/mol. The number of thioether (sulfide) groups is 1. The minimum absolute atomic E-state index is 0.786. The smallest absolute Gasteiger partial charge is 0.155 e. The molecular weight excluding hydrogens is 230 g/mol. The topological polar surface area (TPSA) is 30.2 Å². The second-order valence-corrected chi connectivity index (χ2v) is 5.95. The molecular formula is C13H17N3S. The van der Waals surface area contributed by atoms with Gasteiger partial charge in [0.05, 0.1) is 0 Å². The fraction of sp³-hybridized carbons (Fsp3) is 0.538. The lowest BCUT2D eigenvalue weighted by molar-refractivity contribution is 0.476. The number of aromatic nitrogens is 3. The first kappa shape index (κ1) is 11.1. The third kappa shape index (κ3) is 2.32. The van der Waals surface area contributed by atoms with Crippen LogP contribution in [0.3, 0.4) is 0 Å². The van der Waals surface area contributed by atoms with E-state index in [1.165, 1.54) is 24.3 Å². The van der Waals surface area contributed by atoms with Crippen LogP contribution in [0.15, 0.2) is 18.2 Å². The highest BCUT2D eigenvalue weighted by atomic mass is 32.2. The summed E-state index contributed by atoms with van der Waals surface area (Å²) in [6.07, 6.45) is 3.68. The van der Waals surface area contributed by atoms with Gasteiger partial charge in [-0.05, 0) is 49.3 Å². The Hall–Kier alpha value is -1.03. The maximum atomic E-state index is 4.61. The molecule has 0 spiro atoms. The van der Waals surface area contributed by atoms with E-state index in [0.29, 0.717) is 0 Å². The van der Waals surface area contributed by atoms with E-state index in [2.05, 4.69) is 34.8 Å². The fourth-order valence-corrected chi connectivity index (χ4v) is 3.58. The molecule has 3 heterocycles. The Balaban J connectivity index is 1.83. The molecule has 3 nitrogen and oxygen atoms in total. The van der Waals surface area contributed by atoms with E-state index in [-0.39, 0.29) is 0 Å². The van der Waals surface area contributed by atoms with E-state index >= 15 is 0 Å². The molecule has 0 aliphatic carbocycles. The molecule has 4 heteroatoms. The van der Waals surface area contributed by atoms with Crippen LogP contribution < -0.4 is 0 Å². The van der Waals surface area contributed by atoms with E-state index in [0.717, 1.165) is 29.5 Å². The minimum atomic E-state index is 0.786. The lowest BCUT2D eigenvalue weighted by Gasteiger charge is -2.19. The second kappa shape index (κ2) is 4.69. The summed E-state index contributed by atoms with van der Waals surface area (Å²) in [5.41, 5.74) is 2.13. The third-order valence-electron chi connectivity index (χ3n) is 3.40. The second-order valence-electron chi connectivity index (χ2n) is 4.73. The molecule has 17 heavy (non-hydrogen) atoms. The molecule has 2 aromatic rings. The van der Waals surface area contributed by atoms with Gasteiger partial charge in [-0.2, -0.15) is 16.9 Å². The van der Waals surface area contributed by atoms with Gasteiger partial charge in [0.25, 0.3) is 0 Å². The zero-order valence-electron chi connectivity index (χ0n) is 10.1. The number of fused-ring (bicyclic) bond motifs is 1. The van der Waals surface area contributed by atoms with E-state index in [4.69, 9.17) is 0 Å². The normalized spacial score (nSPS) is 17.7. The molecule has 0 amide bonds. The Morgan fingerprint density at radius 1 is 1.35 bits per heavy atom. The first-order valence-corrected chi connectivity index (χ1v) is 7.37. The van der Waals surface area contributed by atoms with Crippen molar-refractivity contribution in [3.8, 4) is 0 Å². The first-order valence-electron chi connectivity index (χ1n) is 6.22. The standard InChI is InChI=1S/C13H17N3S/c1-10-3-2-4-13-14-12(15-16(10)13)9-11-5-7-17-8-6-11/h2-4,11H,5-9H2,1H3. The predicted molar refractivity (Wildman–Crippen MR) is 71.5 cm³/mol. The van der Waals surface area contributed by atoms with Crippen LogP contribution in [-0.2, 0) is 6.42 Å². The van der Waals surface area contributed by atoms with Crippen LogP contribution in [0.4, 0.5) is 0 Å². The molecule has 0 saturated carbocycles. The van der Waals surface area contributed by atoms with Crippen LogP contribution in [0.1, 0.15) is 24.4 Å². The summed E-state index contributed by atoms with van der Waals surface area (Å²) >= 11 is 2.07. The molecule has 0 bridgehead atoms. The van der Waals surface area contributed by atoms with Crippen LogP contribution in [0, 0.1) is 12.8 Å². The van der Waals surface area contributed by atoms with Crippen molar-refractivity contribution in [3.05, 3.63) is 29.7 Å².